The van der Waals surface area contributed by atoms with E-state index in [0.717, 1.165) is 5.92 Å². The molecule has 1 saturated carbocycles. The average Bonchev–Trinajstić information content (AvgIpc) is 2.36. The first-order chi connectivity index (χ1) is 5.33. The van der Waals surface area contributed by atoms with Gasteiger partial charge in [0, 0.05) is 0 Å². The molecule has 2 heteroatoms. The molecule has 64 valence electrons. The standard InChI is InChI=1S/C9H17NS/c1-8-4-2-5-9(8)10-6-3-7-11-9/h8,10H,2-7H2,1H3. The average molecular weight is 171 g/mol. The van der Waals surface area contributed by atoms with Crippen LogP contribution in [-0.2, 0) is 0 Å². The number of thioether (sulfide) groups is 1. The van der Waals surface area contributed by atoms with Crippen LogP contribution in [0.1, 0.15) is 32.6 Å². The first kappa shape index (κ1) is 7.93. The first-order valence-corrected chi connectivity index (χ1v) is 5.71. The SMILES string of the molecule is CC1CCCC12NCCCS2. The Labute approximate surface area is 73.3 Å². The van der Waals surface area contributed by atoms with Gasteiger partial charge in [-0.25, -0.2) is 0 Å². The smallest absolute Gasteiger partial charge is 0.0671 e. The van der Waals surface area contributed by atoms with Gasteiger partial charge >= 0.3 is 0 Å². The maximum Gasteiger partial charge on any atom is 0.0671 e. The molecule has 0 bridgehead atoms. The molecule has 1 heterocycles. The zero-order valence-electron chi connectivity index (χ0n) is 7.23. The quantitative estimate of drug-likeness (QED) is 0.600. The minimum Gasteiger partial charge on any atom is -0.303 e. The van der Waals surface area contributed by atoms with Crippen LogP contribution >= 0.6 is 11.8 Å². The summed E-state index contributed by atoms with van der Waals surface area (Å²) in [6.45, 7) is 3.65. The molecule has 0 aromatic carbocycles. The van der Waals surface area contributed by atoms with E-state index in [0.29, 0.717) is 4.87 Å². The van der Waals surface area contributed by atoms with Crippen molar-refractivity contribution in [3.63, 3.8) is 0 Å². The summed E-state index contributed by atoms with van der Waals surface area (Å²) in [7, 11) is 0. The van der Waals surface area contributed by atoms with Gasteiger partial charge in [-0.2, -0.15) is 0 Å². The molecule has 0 aromatic rings. The Hall–Kier alpha value is 0.310. The van der Waals surface area contributed by atoms with Crippen LogP contribution in [0.5, 0.6) is 0 Å². The summed E-state index contributed by atoms with van der Waals surface area (Å²) >= 11 is 2.17. The monoisotopic (exact) mass is 171 g/mol. The molecule has 2 fully saturated rings. The summed E-state index contributed by atoms with van der Waals surface area (Å²) in [5, 5.41) is 3.71. The van der Waals surface area contributed by atoms with Crippen LogP contribution in [-0.4, -0.2) is 17.2 Å². The maximum absolute atomic E-state index is 3.71. The Bertz CT molecular complexity index is 140. The highest BCUT2D eigenvalue weighted by Gasteiger charge is 2.41. The lowest BCUT2D eigenvalue weighted by Gasteiger charge is -2.38. The van der Waals surface area contributed by atoms with Crippen molar-refractivity contribution in [2.75, 3.05) is 12.3 Å². The Morgan fingerprint density at radius 2 is 2.36 bits per heavy atom. The molecule has 1 N–H and O–H groups in total. The van der Waals surface area contributed by atoms with Crippen LogP contribution in [0, 0.1) is 5.92 Å². The lowest BCUT2D eigenvalue weighted by Crippen LogP contribution is -2.47. The first-order valence-electron chi connectivity index (χ1n) is 4.72. The van der Waals surface area contributed by atoms with E-state index in [-0.39, 0.29) is 0 Å². The normalized spacial score (nSPS) is 45.0. The van der Waals surface area contributed by atoms with Crippen molar-refractivity contribution >= 4 is 11.8 Å². The second-order valence-electron chi connectivity index (χ2n) is 3.81. The van der Waals surface area contributed by atoms with Gasteiger partial charge in [0.15, 0.2) is 0 Å². The highest BCUT2D eigenvalue weighted by molar-refractivity contribution is 8.00. The van der Waals surface area contributed by atoms with Gasteiger partial charge in [-0.05, 0) is 37.5 Å². The van der Waals surface area contributed by atoms with Crippen LogP contribution in [0.4, 0.5) is 0 Å². The summed E-state index contributed by atoms with van der Waals surface area (Å²) < 4.78 is 0. The van der Waals surface area contributed by atoms with Gasteiger partial charge in [0.1, 0.15) is 0 Å². The van der Waals surface area contributed by atoms with Crippen molar-refractivity contribution in [3.8, 4) is 0 Å². The lowest BCUT2D eigenvalue weighted by atomic mass is 10.1. The Morgan fingerprint density at radius 1 is 1.45 bits per heavy atom. The number of hydrogen-bond donors (Lipinski definition) is 1. The lowest BCUT2D eigenvalue weighted by molar-refractivity contribution is 0.375. The van der Waals surface area contributed by atoms with Crippen molar-refractivity contribution in [2.45, 2.75) is 37.5 Å². The predicted molar refractivity (Wildman–Crippen MR) is 50.8 cm³/mol. The van der Waals surface area contributed by atoms with E-state index in [1.807, 2.05) is 0 Å². The molecule has 1 nitrogen and oxygen atoms in total. The highest BCUT2D eigenvalue weighted by Crippen LogP contribution is 2.45. The minimum absolute atomic E-state index is 0.498. The van der Waals surface area contributed by atoms with Crippen molar-refractivity contribution in [1.82, 2.24) is 5.32 Å². The van der Waals surface area contributed by atoms with E-state index in [4.69, 9.17) is 0 Å². The summed E-state index contributed by atoms with van der Waals surface area (Å²) in [5.41, 5.74) is 0. The van der Waals surface area contributed by atoms with E-state index in [2.05, 4.69) is 24.0 Å². The topological polar surface area (TPSA) is 12.0 Å². The molecule has 1 aliphatic heterocycles. The third kappa shape index (κ3) is 1.31. The minimum atomic E-state index is 0.498. The Balaban J connectivity index is 2.06. The summed E-state index contributed by atoms with van der Waals surface area (Å²) in [5.74, 6) is 2.27. The molecule has 2 unspecified atom stereocenters. The van der Waals surface area contributed by atoms with Crippen LogP contribution in [0.15, 0.2) is 0 Å². The third-order valence-electron chi connectivity index (χ3n) is 3.09. The maximum atomic E-state index is 3.71. The molecule has 0 aromatic heterocycles. The van der Waals surface area contributed by atoms with Crippen molar-refractivity contribution < 1.29 is 0 Å². The number of hydrogen-bond acceptors (Lipinski definition) is 2. The number of nitrogens with one attached hydrogen (secondary N) is 1. The van der Waals surface area contributed by atoms with E-state index in [9.17, 15) is 0 Å². The van der Waals surface area contributed by atoms with E-state index < -0.39 is 0 Å². The molecule has 2 rings (SSSR count). The molecule has 0 amide bonds. The molecule has 11 heavy (non-hydrogen) atoms. The van der Waals surface area contributed by atoms with Crippen molar-refractivity contribution in [1.29, 1.82) is 0 Å². The molecular weight excluding hydrogens is 154 g/mol. The molecule has 2 aliphatic rings. The second-order valence-corrected chi connectivity index (χ2v) is 5.24. The van der Waals surface area contributed by atoms with Gasteiger partial charge in [-0.1, -0.05) is 13.3 Å². The Kier molecular flexibility index (Phi) is 2.15. The summed E-state index contributed by atoms with van der Waals surface area (Å²) in [6, 6.07) is 0. The van der Waals surface area contributed by atoms with Crippen LogP contribution in [0.2, 0.25) is 0 Å². The van der Waals surface area contributed by atoms with Gasteiger partial charge in [0.05, 0.1) is 4.87 Å². The fourth-order valence-corrected chi connectivity index (χ4v) is 3.85. The second kappa shape index (κ2) is 2.98. The van der Waals surface area contributed by atoms with E-state index >= 15 is 0 Å². The summed E-state index contributed by atoms with van der Waals surface area (Å²) in [4.78, 5) is 0.498. The molecule has 2 atom stereocenters. The molecule has 1 aliphatic carbocycles. The van der Waals surface area contributed by atoms with Gasteiger partial charge in [-0.15, -0.1) is 11.8 Å². The van der Waals surface area contributed by atoms with E-state index in [1.165, 1.54) is 38.0 Å². The van der Waals surface area contributed by atoms with Crippen LogP contribution < -0.4 is 5.32 Å². The fourth-order valence-electron chi connectivity index (χ4n) is 2.30. The fraction of sp³-hybridized carbons (Fsp3) is 1.00. The molecule has 1 saturated heterocycles. The highest BCUT2D eigenvalue weighted by atomic mass is 32.2. The Morgan fingerprint density at radius 3 is 2.91 bits per heavy atom. The molecular formula is C9H17NS. The van der Waals surface area contributed by atoms with E-state index in [1.54, 1.807) is 0 Å². The van der Waals surface area contributed by atoms with Crippen LogP contribution in [0.3, 0.4) is 0 Å². The molecule has 0 radical (unpaired) electrons. The zero-order valence-corrected chi connectivity index (χ0v) is 8.04. The number of rotatable bonds is 0. The van der Waals surface area contributed by atoms with Gasteiger partial charge in [-0.3, -0.25) is 0 Å². The van der Waals surface area contributed by atoms with Gasteiger partial charge in [0.2, 0.25) is 0 Å². The van der Waals surface area contributed by atoms with Crippen molar-refractivity contribution in [3.05, 3.63) is 0 Å². The molecule has 1 spiro atoms. The predicted octanol–water partition coefficient (Wildman–Crippen LogP) is 2.23. The largest absolute Gasteiger partial charge is 0.303 e. The van der Waals surface area contributed by atoms with Gasteiger partial charge < -0.3 is 5.32 Å². The van der Waals surface area contributed by atoms with Gasteiger partial charge in [0.25, 0.3) is 0 Å². The summed E-state index contributed by atoms with van der Waals surface area (Å²) in [6.07, 6.45) is 5.62. The van der Waals surface area contributed by atoms with Crippen molar-refractivity contribution in [2.24, 2.45) is 5.92 Å². The third-order valence-corrected chi connectivity index (χ3v) is 4.85. The van der Waals surface area contributed by atoms with Crippen LogP contribution in [0.25, 0.3) is 0 Å². The zero-order chi connectivity index (χ0) is 7.73.